The normalized spacial score (nSPS) is 25.3. The zero-order valence-electron chi connectivity index (χ0n) is 17.0. The molecule has 3 aromatic rings. The number of nitrogens with zero attached hydrogens (tertiary/aromatic N) is 3. The van der Waals surface area contributed by atoms with Crippen molar-refractivity contribution >= 4 is 40.1 Å². The molecule has 4 nitrogen and oxygen atoms in total. The number of carbonyl (C=O) groups is 1. The molecule has 0 N–H and O–H groups in total. The van der Waals surface area contributed by atoms with Gasteiger partial charge in [-0.1, -0.05) is 72.8 Å². The highest BCUT2D eigenvalue weighted by Crippen LogP contribution is 2.56. The maximum absolute atomic E-state index is 14.1. The number of anilines is 1. The average Bonchev–Trinajstić information content (AvgIpc) is 3.15. The van der Waals surface area contributed by atoms with Crippen LogP contribution >= 0.6 is 22.6 Å². The first-order valence-electron chi connectivity index (χ1n) is 10.3. The Kier molecular flexibility index (Phi) is 5.07. The summed E-state index contributed by atoms with van der Waals surface area (Å²) in [5, 5.41) is 21.0. The standard InChI is InChI=1S/C27H18IN3O/c28-21-12-13-22-20(15-21)11-14-24-27(17-30,26(32)19-9-5-2-6-10-19)25(23(16-29)31(22)24)18-7-3-1-4-8-18/h1-15,23-25H/t23-,24-,25+,27-/m0/s1. The SMILES string of the molecule is N#C[C@H]1[C@@H](c2ccccc2)[C@@](C#N)(C(=O)c2ccccc2)[C@@H]2C=Cc3cc(I)ccc3N21. The highest BCUT2D eigenvalue weighted by molar-refractivity contribution is 14.1. The van der Waals surface area contributed by atoms with E-state index in [0.29, 0.717) is 5.56 Å². The van der Waals surface area contributed by atoms with E-state index in [9.17, 15) is 15.3 Å². The summed E-state index contributed by atoms with van der Waals surface area (Å²) in [4.78, 5) is 16.1. The van der Waals surface area contributed by atoms with E-state index in [4.69, 9.17) is 0 Å². The third-order valence-electron chi connectivity index (χ3n) is 6.49. The zero-order valence-corrected chi connectivity index (χ0v) is 19.2. The summed E-state index contributed by atoms with van der Waals surface area (Å²) in [5.74, 6) is -0.855. The Morgan fingerprint density at radius 3 is 2.31 bits per heavy atom. The van der Waals surface area contributed by atoms with Crippen LogP contribution in [-0.2, 0) is 0 Å². The number of carbonyl (C=O) groups excluding carboxylic acids is 1. The van der Waals surface area contributed by atoms with Crippen molar-refractivity contribution in [3.8, 4) is 12.1 Å². The van der Waals surface area contributed by atoms with Crippen molar-refractivity contribution in [1.29, 1.82) is 10.5 Å². The lowest BCUT2D eigenvalue weighted by Crippen LogP contribution is -2.45. The lowest BCUT2D eigenvalue weighted by Gasteiger charge is -2.36. The molecule has 0 bridgehead atoms. The summed E-state index contributed by atoms with van der Waals surface area (Å²) in [6.07, 6.45) is 3.90. The van der Waals surface area contributed by atoms with E-state index in [0.717, 1.165) is 20.4 Å². The number of ketones is 1. The van der Waals surface area contributed by atoms with Crippen LogP contribution in [0.5, 0.6) is 0 Å². The molecule has 4 atom stereocenters. The molecule has 0 saturated carbocycles. The molecule has 1 saturated heterocycles. The van der Waals surface area contributed by atoms with Crippen LogP contribution in [0.2, 0.25) is 0 Å². The highest BCUT2D eigenvalue weighted by Gasteiger charge is 2.64. The van der Waals surface area contributed by atoms with Crippen LogP contribution in [0.15, 0.2) is 84.9 Å². The molecule has 1 fully saturated rings. The zero-order chi connectivity index (χ0) is 22.3. The number of hydrogen-bond donors (Lipinski definition) is 0. The molecular formula is C27H18IN3O. The number of nitriles is 2. The molecule has 0 amide bonds. The van der Waals surface area contributed by atoms with Gasteiger partial charge in [0.15, 0.2) is 11.2 Å². The fraction of sp³-hybridized carbons (Fsp3) is 0.148. The van der Waals surface area contributed by atoms with Gasteiger partial charge in [0.25, 0.3) is 0 Å². The summed E-state index contributed by atoms with van der Waals surface area (Å²) in [7, 11) is 0. The van der Waals surface area contributed by atoms with E-state index in [-0.39, 0.29) is 5.78 Å². The van der Waals surface area contributed by atoms with Crippen molar-refractivity contribution in [2.45, 2.75) is 18.0 Å². The molecule has 2 aliphatic rings. The summed E-state index contributed by atoms with van der Waals surface area (Å²) < 4.78 is 1.09. The van der Waals surface area contributed by atoms with Crippen LogP contribution in [0, 0.1) is 31.6 Å². The lowest BCUT2D eigenvalue weighted by atomic mass is 9.65. The van der Waals surface area contributed by atoms with E-state index in [2.05, 4.69) is 40.8 Å². The molecule has 0 spiro atoms. The lowest BCUT2D eigenvalue weighted by molar-refractivity contribution is 0.0842. The number of fused-ring (bicyclic) bond motifs is 3. The quantitative estimate of drug-likeness (QED) is 0.330. The van der Waals surface area contributed by atoms with Gasteiger partial charge in [-0.05, 0) is 51.9 Å². The first-order chi connectivity index (χ1) is 15.6. The van der Waals surface area contributed by atoms with Gasteiger partial charge < -0.3 is 4.90 Å². The Bertz CT molecular complexity index is 1310. The molecule has 0 radical (unpaired) electrons. The first kappa shape index (κ1) is 20.5. The van der Waals surface area contributed by atoms with Crippen molar-refractivity contribution in [2.24, 2.45) is 5.41 Å². The Labute approximate surface area is 200 Å². The molecule has 5 heteroatoms. The van der Waals surface area contributed by atoms with Crippen LogP contribution in [0.25, 0.3) is 6.08 Å². The topological polar surface area (TPSA) is 67.9 Å². The molecule has 0 aromatic heterocycles. The van der Waals surface area contributed by atoms with E-state index in [1.54, 1.807) is 24.3 Å². The van der Waals surface area contributed by atoms with Crippen molar-refractivity contribution in [3.63, 3.8) is 0 Å². The minimum atomic E-state index is -1.44. The van der Waals surface area contributed by atoms with Gasteiger partial charge in [0.1, 0.15) is 6.04 Å². The molecule has 32 heavy (non-hydrogen) atoms. The average molecular weight is 527 g/mol. The minimum Gasteiger partial charge on any atom is -0.346 e. The predicted octanol–water partition coefficient (Wildman–Crippen LogP) is 5.58. The van der Waals surface area contributed by atoms with Gasteiger partial charge in [-0.3, -0.25) is 4.79 Å². The smallest absolute Gasteiger partial charge is 0.186 e. The fourth-order valence-electron chi connectivity index (χ4n) is 5.15. The first-order valence-corrected chi connectivity index (χ1v) is 11.4. The molecule has 3 aromatic carbocycles. The van der Waals surface area contributed by atoms with E-state index < -0.39 is 23.4 Å². The van der Waals surface area contributed by atoms with Crippen molar-refractivity contribution in [2.75, 3.05) is 4.90 Å². The van der Waals surface area contributed by atoms with Crippen LogP contribution in [-0.4, -0.2) is 17.9 Å². The third kappa shape index (κ3) is 2.89. The van der Waals surface area contributed by atoms with Gasteiger partial charge in [-0.15, -0.1) is 0 Å². The maximum atomic E-state index is 14.1. The second-order valence-electron chi connectivity index (χ2n) is 8.05. The molecule has 5 rings (SSSR count). The summed E-state index contributed by atoms with van der Waals surface area (Å²) in [5.41, 5.74) is 1.72. The molecule has 154 valence electrons. The van der Waals surface area contributed by atoms with Crippen molar-refractivity contribution < 1.29 is 4.79 Å². The van der Waals surface area contributed by atoms with Crippen LogP contribution in [0.3, 0.4) is 0 Å². The van der Waals surface area contributed by atoms with Gasteiger partial charge in [0.2, 0.25) is 0 Å². The van der Waals surface area contributed by atoms with Crippen molar-refractivity contribution in [1.82, 2.24) is 0 Å². The van der Waals surface area contributed by atoms with Crippen LogP contribution in [0.4, 0.5) is 5.69 Å². The monoisotopic (exact) mass is 527 g/mol. The maximum Gasteiger partial charge on any atom is 0.186 e. The molecule has 2 aliphatic heterocycles. The second kappa shape index (κ2) is 7.93. The Morgan fingerprint density at radius 1 is 0.969 bits per heavy atom. The van der Waals surface area contributed by atoms with Gasteiger partial charge in [0.05, 0.1) is 18.2 Å². The highest BCUT2D eigenvalue weighted by atomic mass is 127. The number of Topliss-reactive ketones (excluding diaryl/α,β-unsaturated/α-hetero) is 1. The third-order valence-corrected chi connectivity index (χ3v) is 7.16. The van der Waals surface area contributed by atoms with Crippen LogP contribution < -0.4 is 4.90 Å². The number of benzene rings is 3. The number of halogens is 1. The summed E-state index contributed by atoms with van der Waals surface area (Å²) in [6, 6.07) is 28.2. The molecular weight excluding hydrogens is 509 g/mol. The summed E-state index contributed by atoms with van der Waals surface area (Å²) in [6.45, 7) is 0. The number of hydrogen-bond acceptors (Lipinski definition) is 4. The van der Waals surface area contributed by atoms with Crippen molar-refractivity contribution in [3.05, 3.63) is 105 Å². The minimum absolute atomic E-state index is 0.249. The van der Waals surface area contributed by atoms with Gasteiger partial charge >= 0.3 is 0 Å². The van der Waals surface area contributed by atoms with E-state index in [1.165, 1.54) is 0 Å². The fourth-order valence-corrected chi connectivity index (χ4v) is 5.67. The van der Waals surface area contributed by atoms with Gasteiger partial charge in [0, 0.05) is 20.7 Å². The van der Waals surface area contributed by atoms with Crippen LogP contribution in [0.1, 0.15) is 27.4 Å². The Balaban J connectivity index is 1.79. The van der Waals surface area contributed by atoms with E-state index >= 15 is 0 Å². The molecule has 0 unspecified atom stereocenters. The summed E-state index contributed by atoms with van der Waals surface area (Å²) >= 11 is 2.26. The largest absolute Gasteiger partial charge is 0.346 e. The Hall–Kier alpha value is -3.42. The van der Waals surface area contributed by atoms with Gasteiger partial charge in [-0.2, -0.15) is 10.5 Å². The Morgan fingerprint density at radius 2 is 1.66 bits per heavy atom. The number of rotatable bonds is 3. The predicted molar refractivity (Wildman–Crippen MR) is 132 cm³/mol. The molecule has 2 heterocycles. The van der Waals surface area contributed by atoms with E-state index in [1.807, 2.05) is 65.6 Å². The second-order valence-corrected chi connectivity index (χ2v) is 9.30. The molecule has 0 aliphatic carbocycles. The van der Waals surface area contributed by atoms with Gasteiger partial charge in [-0.25, -0.2) is 0 Å².